The van der Waals surface area contributed by atoms with Crippen molar-refractivity contribution in [2.24, 2.45) is 3.50 Å². The van der Waals surface area contributed by atoms with E-state index in [1.165, 1.54) is 18.8 Å². The summed E-state index contributed by atoms with van der Waals surface area (Å²) in [6.45, 7) is 0. The predicted octanol–water partition coefficient (Wildman–Crippen LogP) is 0.447. The number of hydrogen-bond donors (Lipinski definition) is 2. The van der Waals surface area contributed by atoms with Crippen molar-refractivity contribution in [1.82, 2.24) is 5.32 Å². The van der Waals surface area contributed by atoms with Gasteiger partial charge in [-0.15, -0.1) is 0 Å². The molecule has 1 amide bonds. The van der Waals surface area contributed by atoms with Crippen LogP contribution in [0.2, 0.25) is 0 Å². The summed E-state index contributed by atoms with van der Waals surface area (Å²) in [4.78, 5) is 21.0. The smallest absolute Gasteiger partial charge is 0.0495 e. The fourth-order valence-electron chi connectivity index (χ4n) is 0.525. The van der Waals surface area contributed by atoms with E-state index >= 15 is 0 Å². The molecule has 1 atom stereocenters. The number of hydrogen-bond acceptors (Lipinski definition) is 4. The van der Waals surface area contributed by atoms with Crippen LogP contribution in [0, 0.1) is 6.26 Å². The normalized spacial score (nSPS) is 10.8. The van der Waals surface area contributed by atoms with E-state index < -0.39 is 12.0 Å². The third-order valence-corrected chi connectivity index (χ3v) is 1.86. The number of rotatable bonds is 4. The van der Waals surface area contributed by atoms with Crippen LogP contribution in [0.25, 0.3) is 0 Å². The maximum Gasteiger partial charge on any atom is -0.0495 e. The maximum absolute atomic E-state index is 10.6. The Balaban J connectivity index is 0. The maximum atomic E-state index is 10.6. The number of carboxylic acid groups (broad SMARTS) is 1. The average Bonchev–Trinajstić information content (AvgIpc) is 2.14. The van der Waals surface area contributed by atoms with Crippen LogP contribution < -0.4 is 5.32 Å². The van der Waals surface area contributed by atoms with Crippen LogP contribution in [0.5, 0.6) is 0 Å². The van der Waals surface area contributed by atoms with Gasteiger partial charge in [-0.1, -0.05) is 0 Å². The second-order valence-electron chi connectivity index (χ2n) is 2.16. The van der Waals surface area contributed by atoms with Gasteiger partial charge in [-0.2, -0.15) is 0 Å². The summed E-state index contributed by atoms with van der Waals surface area (Å²) < 4.78 is 3.40. The van der Waals surface area contributed by atoms with Gasteiger partial charge in [0.1, 0.15) is 0 Å². The van der Waals surface area contributed by atoms with Gasteiger partial charge in [0.2, 0.25) is 0 Å². The molecule has 0 heterocycles. The molecule has 0 radical (unpaired) electrons. The minimum absolute atomic E-state index is 0.0741. The van der Waals surface area contributed by atoms with Crippen molar-refractivity contribution in [1.29, 1.82) is 0 Å². The summed E-state index contributed by atoms with van der Waals surface area (Å²) in [6, 6.07) is -0.814. The van der Waals surface area contributed by atoms with Gasteiger partial charge in [0, 0.05) is 0 Å². The molecule has 0 spiro atoms. The Bertz CT molecular complexity index is 201. The molecule has 0 aromatic carbocycles. The summed E-state index contributed by atoms with van der Waals surface area (Å²) in [5.74, 6) is -1.40. The van der Waals surface area contributed by atoms with Gasteiger partial charge in [-0.05, 0) is 6.26 Å². The van der Waals surface area contributed by atoms with E-state index in [9.17, 15) is 9.59 Å². The zero-order chi connectivity index (χ0) is 11.6. The Labute approximate surface area is 98.8 Å². The predicted molar refractivity (Wildman–Crippen MR) is 51.4 cm³/mol. The second kappa shape index (κ2) is 11.0. The summed E-state index contributed by atoms with van der Waals surface area (Å²) in [5, 5.41) is 11.0. The van der Waals surface area contributed by atoms with Gasteiger partial charge in [0.25, 0.3) is 0 Å². The van der Waals surface area contributed by atoms with E-state index in [2.05, 4.69) is 15.1 Å². The van der Waals surface area contributed by atoms with Crippen LogP contribution in [0.4, 0.5) is 0 Å². The number of carbonyl (C=O) groups is 2. The molecule has 0 saturated carbocycles. The van der Waals surface area contributed by atoms with Crippen LogP contribution in [0.1, 0.15) is 6.42 Å². The molecule has 5 nitrogen and oxygen atoms in total. The fourth-order valence-corrected chi connectivity index (χ4v) is 0.793. The van der Waals surface area contributed by atoms with Crippen LogP contribution in [-0.2, 0) is 29.2 Å². The van der Waals surface area contributed by atoms with E-state index in [0.717, 1.165) is 19.6 Å². The van der Waals surface area contributed by atoms with E-state index in [4.69, 9.17) is 5.11 Å². The molecule has 2 N–H and O–H groups in total. The number of nitrogens with one attached hydrogen (secondary N) is 1. The van der Waals surface area contributed by atoms with Gasteiger partial charge >= 0.3 is 74.5 Å². The van der Waals surface area contributed by atoms with Crippen LogP contribution in [0.3, 0.4) is 0 Å². The Hall–Kier alpha value is -0.0617. The molecule has 0 aromatic rings. The number of likely N-dealkylation sites (N-methyl/N-ethyl adjacent to an activating group) is 1. The number of carboxylic acids is 1. The molecule has 0 aliphatic rings. The first-order valence-corrected chi connectivity index (χ1v) is 6.28. The molecule has 0 bridgehead atoms. The first-order chi connectivity index (χ1) is 6.53. The zero-order valence-corrected chi connectivity index (χ0v) is 11.8. The van der Waals surface area contributed by atoms with Gasteiger partial charge in [0.05, 0.1) is 0 Å². The number of carbonyl (C=O) groups excluding carboxylic acids is 1. The molecular weight excluding hydrogens is 376 g/mol. The molecule has 0 saturated heterocycles. The van der Waals surface area contributed by atoms with E-state index in [1.807, 2.05) is 6.26 Å². The third kappa shape index (κ3) is 10.0. The Morgan fingerprint density at radius 1 is 1.71 bits per heavy atom. The number of amides is 1. The standard InChI is InChI=1S/C5H8N2O3.C2H5S.W/c1-7-3(5(9)10)2-4(6)8;1-3-2;/h3,7H,2H2,1H3,(H,9,10);1H2,2H3;/q;-1;. The Morgan fingerprint density at radius 3 is 2.36 bits per heavy atom. The second-order valence-corrected chi connectivity index (χ2v) is 3.39. The molecule has 0 rings (SSSR count). The molecule has 1 unspecified atom stereocenters. The monoisotopic (exact) mass is 389 g/mol. The van der Waals surface area contributed by atoms with Crippen molar-refractivity contribution >= 4 is 23.6 Å². The van der Waals surface area contributed by atoms with Crippen LogP contribution in [0.15, 0.2) is 3.50 Å². The molecule has 0 aliphatic carbocycles. The topological polar surface area (TPSA) is 78.8 Å². The Morgan fingerprint density at radius 2 is 2.14 bits per heavy atom. The van der Waals surface area contributed by atoms with Crippen LogP contribution >= 0.6 is 11.8 Å². The van der Waals surface area contributed by atoms with Crippen molar-refractivity contribution in [3.63, 3.8) is 0 Å². The third-order valence-electron chi connectivity index (χ3n) is 1.13. The molecule has 82 valence electrons. The molecule has 0 aromatic heterocycles. The molecular formula is C7H13N2O3SW-. The molecule has 14 heavy (non-hydrogen) atoms. The van der Waals surface area contributed by atoms with E-state index in [1.54, 1.807) is 0 Å². The number of aliphatic carboxylic acids is 1. The van der Waals surface area contributed by atoms with Crippen molar-refractivity contribution in [3.8, 4) is 0 Å². The molecule has 0 fully saturated rings. The first-order valence-electron chi connectivity index (χ1n) is 3.57. The van der Waals surface area contributed by atoms with Gasteiger partial charge in [0.15, 0.2) is 0 Å². The minimum atomic E-state index is -1.03. The average molecular weight is 389 g/mol. The number of nitrogens with zero attached hydrogens (tertiary/aromatic N) is 1. The number of thioether (sulfide) groups is 1. The van der Waals surface area contributed by atoms with Crippen molar-refractivity contribution in [2.45, 2.75) is 12.5 Å². The van der Waals surface area contributed by atoms with E-state index in [0.29, 0.717) is 0 Å². The van der Waals surface area contributed by atoms with Crippen LogP contribution in [-0.4, -0.2) is 36.3 Å². The first kappa shape index (κ1) is 16.4. The summed E-state index contributed by atoms with van der Waals surface area (Å²) in [7, 11) is 1.49. The van der Waals surface area contributed by atoms with Crippen molar-refractivity contribution in [3.05, 3.63) is 6.26 Å². The van der Waals surface area contributed by atoms with Gasteiger partial charge < -0.3 is 11.8 Å². The van der Waals surface area contributed by atoms with Gasteiger partial charge in [-0.3, -0.25) is 6.26 Å². The molecule has 0 aliphatic heterocycles. The Kier molecular flexibility index (Phi) is 12.9. The quantitative estimate of drug-likeness (QED) is 0.683. The summed E-state index contributed by atoms with van der Waals surface area (Å²) in [6.07, 6.45) is 5.26. The summed E-state index contributed by atoms with van der Waals surface area (Å²) >= 11 is 2.30. The van der Waals surface area contributed by atoms with Crippen molar-refractivity contribution in [2.75, 3.05) is 13.3 Å². The SMILES string of the molecule is CNC(CC(=O)[N]=[W])C(=O)O.[CH2-]SC. The zero-order valence-electron chi connectivity index (χ0n) is 8.02. The van der Waals surface area contributed by atoms with Crippen molar-refractivity contribution < 1.29 is 34.3 Å². The van der Waals surface area contributed by atoms with E-state index in [-0.39, 0.29) is 12.3 Å². The summed E-state index contributed by atoms with van der Waals surface area (Å²) in [5.41, 5.74) is 0. The largest absolute Gasteiger partial charge is 0.357 e. The van der Waals surface area contributed by atoms with Gasteiger partial charge in [-0.25, -0.2) is 0 Å². The molecule has 7 heteroatoms. The fraction of sp³-hybridized carbons (Fsp3) is 0.571. The minimum Gasteiger partial charge on any atom is -0.357 e.